The summed E-state index contributed by atoms with van der Waals surface area (Å²) in [4.78, 5) is 0. The SMILES string of the molecule is CC(NC1CC(O)C1(C)C)c1cnn(C)c1. The Bertz CT molecular complexity index is 372. The molecule has 3 atom stereocenters. The van der Waals surface area contributed by atoms with Gasteiger partial charge in [-0.05, 0) is 13.3 Å². The molecule has 1 aromatic heterocycles. The van der Waals surface area contributed by atoms with Crippen LogP contribution in [0.4, 0.5) is 0 Å². The second kappa shape index (κ2) is 3.86. The molecule has 1 saturated carbocycles. The highest BCUT2D eigenvalue weighted by atomic mass is 16.3. The molecule has 4 nitrogen and oxygen atoms in total. The van der Waals surface area contributed by atoms with Crippen molar-refractivity contribution in [2.45, 2.75) is 45.4 Å². The van der Waals surface area contributed by atoms with Crippen molar-refractivity contribution >= 4 is 0 Å². The first-order chi connectivity index (χ1) is 7.41. The first-order valence-electron chi connectivity index (χ1n) is 5.84. The highest BCUT2D eigenvalue weighted by molar-refractivity contribution is 5.11. The topological polar surface area (TPSA) is 50.1 Å². The van der Waals surface area contributed by atoms with Gasteiger partial charge in [0.05, 0.1) is 12.3 Å². The molecule has 0 bridgehead atoms. The minimum atomic E-state index is -0.175. The molecular weight excluding hydrogens is 202 g/mol. The largest absolute Gasteiger partial charge is 0.392 e. The molecule has 4 heteroatoms. The highest BCUT2D eigenvalue weighted by Gasteiger charge is 2.47. The molecule has 0 radical (unpaired) electrons. The van der Waals surface area contributed by atoms with Crippen molar-refractivity contribution in [3.8, 4) is 0 Å². The molecule has 0 aromatic carbocycles. The van der Waals surface area contributed by atoms with E-state index in [1.807, 2.05) is 24.1 Å². The summed E-state index contributed by atoms with van der Waals surface area (Å²) in [5.74, 6) is 0. The third-order valence-electron chi connectivity index (χ3n) is 3.89. The number of aliphatic hydroxyl groups excluding tert-OH is 1. The van der Waals surface area contributed by atoms with E-state index in [2.05, 4.69) is 31.2 Å². The zero-order valence-corrected chi connectivity index (χ0v) is 10.4. The Balaban J connectivity index is 1.96. The Kier molecular flexibility index (Phi) is 2.80. The Morgan fingerprint density at radius 3 is 2.75 bits per heavy atom. The minimum Gasteiger partial charge on any atom is -0.392 e. The van der Waals surface area contributed by atoms with Gasteiger partial charge in [0.15, 0.2) is 0 Å². The van der Waals surface area contributed by atoms with Crippen LogP contribution >= 0.6 is 0 Å². The molecule has 1 aliphatic carbocycles. The Hall–Kier alpha value is -0.870. The van der Waals surface area contributed by atoms with Crippen molar-refractivity contribution in [3.63, 3.8) is 0 Å². The maximum atomic E-state index is 9.68. The van der Waals surface area contributed by atoms with Gasteiger partial charge in [-0.3, -0.25) is 4.68 Å². The predicted octanol–water partition coefficient (Wildman–Crippen LogP) is 1.23. The van der Waals surface area contributed by atoms with E-state index in [1.165, 1.54) is 5.56 Å². The van der Waals surface area contributed by atoms with Crippen LogP contribution in [-0.2, 0) is 7.05 Å². The van der Waals surface area contributed by atoms with Gasteiger partial charge in [-0.2, -0.15) is 5.10 Å². The lowest BCUT2D eigenvalue weighted by Crippen LogP contribution is -2.60. The first-order valence-corrected chi connectivity index (χ1v) is 5.84. The van der Waals surface area contributed by atoms with E-state index in [-0.39, 0.29) is 17.6 Å². The molecule has 1 heterocycles. The van der Waals surface area contributed by atoms with Gasteiger partial charge in [-0.25, -0.2) is 0 Å². The van der Waals surface area contributed by atoms with Gasteiger partial charge in [0.2, 0.25) is 0 Å². The lowest BCUT2D eigenvalue weighted by atomic mass is 9.64. The van der Waals surface area contributed by atoms with Crippen LogP contribution in [0.25, 0.3) is 0 Å². The summed E-state index contributed by atoms with van der Waals surface area (Å²) in [6.07, 6.45) is 4.59. The lowest BCUT2D eigenvalue weighted by Gasteiger charge is -2.50. The number of aromatic nitrogens is 2. The maximum Gasteiger partial charge on any atom is 0.0621 e. The molecule has 2 rings (SSSR count). The van der Waals surface area contributed by atoms with Gasteiger partial charge < -0.3 is 10.4 Å². The standard InChI is InChI=1S/C12H21N3O/c1-8(9-6-13-15(4)7-9)14-10-5-11(16)12(10,2)3/h6-8,10-11,14,16H,5H2,1-4H3. The Morgan fingerprint density at radius 2 is 2.31 bits per heavy atom. The van der Waals surface area contributed by atoms with Gasteiger partial charge in [0.1, 0.15) is 0 Å². The summed E-state index contributed by atoms with van der Waals surface area (Å²) >= 11 is 0. The molecule has 0 aliphatic heterocycles. The summed E-state index contributed by atoms with van der Waals surface area (Å²) in [5.41, 5.74) is 1.18. The molecule has 90 valence electrons. The number of rotatable bonds is 3. The van der Waals surface area contributed by atoms with Gasteiger partial charge in [-0.15, -0.1) is 0 Å². The fourth-order valence-electron chi connectivity index (χ4n) is 2.25. The van der Waals surface area contributed by atoms with Crippen molar-refractivity contribution in [2.75, 3.05) is 0 Å². The molecule has 1 aromatic rings. The Morgan fingerprint density at radius 1 is 1.62 bits per heavy atom. The van der Waals surface area contributed by atoms with Crippen LogP contribution in [0.2, 0.25) is 0 Å². The number of nitrogens with one attached hydrogen (secondary N) is 1. The van der Waals surface area contributed by atoms with Crippen molar-refractivity contribution in [1.82, 2.24) is 15.1 Å². The van der Waals surface area contributed by atoms with Crippen LogP contribution in [0.1, 0.15) is 38.8 Å². The summed E-state index contributed by atoms with van der Waals surface area (Å²) in [6, 6.07) is 0.670. The first kappa shape index (κ1) is 11.6. The van der Waals surface area contributed by atoms with Crippen molar-refractivity contribution in [1.29, 1.82) is 0 Å². The van der Waals surface area contributed by atoms with Crippen molar-refractivity contribution < 1.29 is 5.11 Å². The predicted molar refractivity (Wildman–Crippen MR) is 63.0 cm³/mol. The molecule has 0 amide bonds. The van der Waals surface area contributed by atoms with Gasteiger partial charge >= 0.3 is 0 Å². The lowest BCUT2D eigenvalue weighted by molar-refractivity contribution is -0.0754. The average molecular weight is 223 g/mol. The van der Waals surface area contributed by atoms with Crippen molar-refractivity contribution in [3.05, 3.63) is 18.0 Å². The quantitative estimate of drug-likeness (QED) is 0.810. The molecular formula is C12H21N3O. The summed E-state index contributed by atoms with van der Waals surface area (Å²) in [7, 11) is 1.92. The van der Waals surface area contributed by atoms with Crippen LogP contribution in [0, 0.1) is 5.41 Å². The fraction of sp³-hybridized carbons (Fsp3) is 0.750. The van der Waals surface area contributed by atoms with Crippen LogP contribution in [0.15, 0.2) is 12.4 Å². The number of nitrogens with zero attached hydrogens (tertiary/aromatic N) is 2. The number of hydrogen-bond donors (Lipinski definition) is 2. The van der Waals surface area contributed by atoms with E-state index < -0.39 is 0 Å². The third kappa shape index (κ3) is 1.87. The van der Waals surface area contributed by atoms with Crippen LogP contribution < -0.4 is 5.32 Å². The number of aryl methyl sites for hydroxylation is 1. The van der Waals surface area contributed by atoms with E-state index in [1.54, 1.807) is 0 Å². The van der Waals surface area contributed by atoms with E-state index in [4.69, 9.17) is 0 Å². The molecule has 0 spiro atoms. The van der Waals surface area contributed by atoms with Gasteiger partial charge in [-0.1, -0.05) is 13.8 Å². The van der Waals surface area contributed by atoms with Gasteiger partial charge in [0, 0.05) is 36.3 Å². The minimum absolute atomic E-state index is 0.0174. The molecule has 16 heavy (non-hydrogen) atoms. The molecule has 1 fully saturated rings. The van der Waals surface area contributed by atoms with Gasteiger partial charge in [0.25, 0.3) is 0 Å². The summed E-state index contributed by atoms with van der Waals surface area (Å²) < 4.78 is 1.81. The van der Waals surface area contributed by atoms with Crippen LogP contribution in [0.3, 0.4) is 0 Å². The smallest absolute Gasteiger partial charge is 0.0621 e. The van der Waals surface area contributed by atoms with E-state index in [9.17, 15) is 5.11 Å². The zero-order chi connectivity index (χ0) is 11.9. The molecule has 0 saturated heterocycles. The van der Waals surface area contributed by atoms with E-state index in [0.717, 1.165) is 6.42 Å². The second-order valence-electron chi connectivity index (χ2n) is 5.46. The molecule has 3 unspecified atom stereocenters. The highest BCUT2D eigenvalue weighted by Crippen LogP contribution is 2.41. The van der Waals surface area contributed by atoms with E-state index in [0.29, 0.717) is 6.04 Å². The average Bonchev–Trinajstić information content (AvgIpc) is 2.64. The monoisotopic (exact) mass is 223 g/mol. The summed E-state index contributed by atoms with van der Waals surface area (Å²) in [6.45, 7) is 6.35. The van der Waals surface area contributed by atoms with E-state index >= 15 is 0 Å². The molecule has 2 N–H and O–H groups in total. The third-order valence-corrected chi connectivity index (χ3v) is 3.89. The Labute approximate surface area is 96.7 Å². The van der Waals surface area contributed by atoms with Crippen LogP contribution in [-0.4, -0.2) is 27.0 Å². The molecule has 1 aliphatic rings. The van der Waals surface area contributed by atoms with Crippen molar-refractivity contribution in [2.24, 2.45) is 12.5 Å². The normalized spacial score (nSPS) is 29.8. The second-order valence-corrected chi connectivity index (χ2v) is 5.46. The summed E-state index contributed by atoms with van der Waals surface area (Å²) in [5, 5.41) is 17.4. The number of aliphatic hydroxyl groups is 1. The fourth-order valence-corrected chi connectivity index (χ4v) is 2.25. The zero-order valence-electron chi connectivity index (χ0n) is 10.4. The maximum absolute atomic E-state index is 9.68. The number of hydrogen-bond acceptors (Lipinski definition) is 3. The van der Waals surface area contributed by atoms with Crippen LogP contribution in [0.5, 0.6) is 0 Å².